The van der Waals surface area contributed by atoms with Crippen molar-refractivity contribution in [3.8, 4) is 10.4 Å². The lowest BCUT2D eigenvalue weighted by Gasteiger charge is -2.19. The molecule has 0 saturated heterocycles. The van der Waals surface area contributed by atoms with Crippen LogP contribution >= 0.6 is 11.3 Å². The van der Waals surface area contributed by atoms with Crippen molar-refractivity contribution in [3.05, 3.63) is 53.6 Å². The molecule has 1 aliphatic heterocycles. The first kappa shape index (κ1) is 17.3. The van der Waals surface area contributed by atoms with E-state index in [0.29, 0.717) is 6.54 Å². The minimum atomic E-state index is -0.504. The first-order chi connectivity index (χ1) is 11.9. The molecule has 7 heteroatoms. The second-order valence-corrected chi connectivity index (χ2v) is 7.35. The number of rotatable bonds is 4. The average molecular weight is 360 g/mol. The van der Waals surface area contributed by atoms with Gasteiger partial charge in [0.1, 0.15) is 23.8 Å². The van der Waals surface area contributed by atoms with Gasteiger partial charge in [-0.25, -0.2) is 9.78 Å². The third-order valence-electron chi connectivity index (χ3n) is 3.33. The minimum Gasteiger partial charge on any atom is -0.454 e. The maximum absolute atomic E-state index is 11.7. The molecule has 25 heavy (non-hydrogen) atoms. The van der Waals surface area contributed by atoms with Crippen LogP contribution in [-0.2, 0) is 20.8 Å². The highest BCUT2D eigenvalue weighted by molar-refractivity contribution is 7.13. The highest BCUT2D eigenvalue weighted by Gasteiger charge is 2.23. The number of ether oxygens (including phenoxy) is 3. The van der Waals surface area contributed by atoms with E-state index in [1.807, 2.05) is 45.0 Å². The van der Waals surface area contributed by atoms with Crippen molar-refractivity contribution >= 4 is 17.4 Å². The number of aromatic nitrogens is 1. The molecule has 0 bridgehead atoms. The van der Waals surface area contributed by atoms with Gasteiger partial charge in [0.25, 0.3) is 6.29 Å². The van der Waals surface area contributed by atoms with E-state index in [-0.39, 0.29) is 0 Å². The average Bonchev–Trinajstić information content (AvgIpc) is 3.22. The Balaban J connectivity index is 1.63. The summed E-state index contributed by atoms with van der Waals surface area (Å²) < 4.78 is 16.0. The lowest BCUT2D eigenvalue weighted by molar-refractivity contribution is -0.0270. The van der Waals surface area contributed by atoms with Crippen molar-refractivity contribution in [3.63, 3.8) is 0 Å². The molecule has 0 spiro atoms. The molecule has 2 aromatic rings. The van der Waals surface area contributed by atoms with E-state index in [0.717, 1.165) is 21.7 Å². The van der Waals surface area contributed by atoms with E-state index >= 15 is 0 Å². The lowest BCUT2D eigenvalue weighted by atomic mass is 10.1. The molecule has 2 heterocycles. The Morgan fingerprint density at radius 1 is 1.24 bits per heavy atom. The molecule has 1 amide bonds. The minimum absolute atomic E-state index is 0.406. The Labute approximate surface area is 150 Å². The summed E-state index contributed by atoms with van der Waals surface area (Å²) in [6, 6.07) is 7.91. The fourth-order valence-electron chi connectivity index (χ4n) is 2.27. The second-order valence-electron chi connectivity index (χ2n) is 6.50. The largest absolute Gasteiger partial charge is 0.454 e. The highest BCUT2D eigenvalue weighted by atomic mass is 32.1. The van der Waals surface area contributed by atoms with Crippen LogP contribution in [0.15, 0.2) is 42.3 Å². The molecule has 0 fully saturated rings. The van der Waals surface area contributed by atoms with Crippen LogP contribution in [0.4, 0.5) is 4.79 Å². The SMILES string of the molecule is CC(C)(C)OC(=O)NCc1ccc(-c2scnc2C2OC=CO2)cc1. The molecule has 0 unspecified atom stereocenters. The number of carbonyl (C=O) groups excluding carboxylic acids is 1. The predicted molar refractivity (Wildman–Crippen MR) is 94.7 cm³/mol. The van der Waals surface area contributed by atoms with E-state index in [1.54, 1.807) is 5.51 Å². The van der Waals surface area contributed by atoms with Crippen LogP contribution in [0, 0.1) is 0 Å². The number of nitrogens with zero attached hydrogens (tertiary/aromatic N) is 1. The normalized spacial score (nSPS) is 14.0. The third-order valence-corrected chi connectivity index (χ3v) is 4.22. The zero-order chi connectivity index (χ0) is 17.9. The second kappa shape index (κ2) is 7.14. The quantitative estimate of drug-likeness (QED) is 0.878. The van der Waals surface area contributed by atoms with Crippen molar-refractivity contribution in [1.82, 2.24) is 10.3 Å². The molecule has 0 atom stereocenters. The van der Waals surface area contributed by atoms with Gasteiger partial charge in [-0.05, 0) is 31.9 Å². The summed E-state index contributed by atoms with van der Waals surface area (Å²) in [6.07, 6.45) is 2.11. The molecule has 6 nitrogen and oxygen atoms in total. The summed E-state index contributed by atoms with van der Waals surface area (Å²) in [7, 11) is 0. The van der Waals surface area contributed by atoms with E-state index in [9.17, 15) is 4.79 Å². The molecule has 1 N–H and O–H groups in total. The molecule has 0 aliphatic carbocycles. The maximum Gasteiger partial charge on any atom is 0.407 e. The molecule has 0 radical (unpaired) electrons. The molecule has 132 valence electrons. The van der Waals surface area contributed by atoms with Crippen LogP contribution in [0.1, 0.15) is 38.3 Å². The Bertz CT molecular complexity index is 754. The fraction of sp³-hybridized carbons (Fsp3) is 0.333. The van der Waals surface area contributed by atoms with Crippen LogP contribution in [0.5, 0.6) is 0 Å². The number of alkyl carbamates (subject to hydrolysis) is 1. The van der Waals surface area contributed by atoms with Crippen molar-refractivity contribution in [2.24, 2.45) is 0 Å². The smallest absolute Gasteiger partial charge is 0.407 e. The van der Waals surface area contributed by atoms with Crippen LogP contribution in [0.2, 0.25) is 0 Å². The predicted octanol–water partition coefficient (Wildman–Crippen LogP) is 4.35. The van der Waals surface area contributed by atoms with E-state index in [4.69, 9.17) is 14.2 Å². The van der Waals surface area contributed by atoms with Gasteiger partial charge in [0, 0.05) is 6.54 Å². The summed E-state index contributed by atoms with van der Waals surface area (Å²) in [4.78, 5) is 17.0. The molecular formula is C18H20N2O4S. The molecule has 3 rings (SSSR count). The van der Waals surface area contributed by atoms with Crippen LogP contribution in [0.3, 0.4) is 0 Å². The van der Waals surface area contributed by atoms with Gasteiger partial charge in [0.15, 0.2) is 0 Å². The number of thiazole rings is 1. The summed E-state index contributed by atoms with van der Waals surface area (Å²) in [5, 5.41) is 2.75. The van der Waals surface area contributed by atoms with Crippen LogP contribution < -0.4 is 5.32 Å². The van der Waals surface area contributed by atoms with Gasteiger partial charge in [-0.2, -0.15) is 0 Å². The topological polar surface area (TPSA) is 69.7 Å². The summed E-state index contributed by atoms with van der Waals surface area (Å²) >= 11 is 1.53. The number of amides is 1. The molecule has 1 aromatic heterocycles. The number of benzene rings is 1. The van der Waals surface area contributed by atoms with Gasteiger partial charge in [-0.15, -0.1) is 11.3 Å². The molecule has 0 saturated carbocycles. The monoisotopic (exact) mass is 360 g/mol. The zero-order valence-corrected chi connectivity index (χ0v) is 15.1. The third kappa shape index (κ3) is 4.51. The van der Waals surface area contributed by atoms with Gasteiger partial charge in [0.2, 0.25) is 0 Å². The van der Waals surface area contributed by atoms with Gasteiger partial charge < -0.3 is 19.5 Å². The van der Waals surface area contributed by atoms with E-state index in [1.165, 1.54) is 23.9 Å². The maximum atomic E-state index is 11.7. The van der Waals surface area contributed by atoms with Gasteiger partial charge in [0.05, 0.1) is 10.4 Å². The Kier molecular flexibility index (Phi) is 4.94. The summed E-state index contributed by atoms with van der Waals surface area (Å²) in [6.45, 7) is 5.91. The number of hydrogen-bond acceptors (Lipinski definition) is 6. The van der Waals surface area contributed by atoms with Crippen LogP contribution in [-0.4, -0.2) is 16.7 Å². The van der Waals surface area contributed by atoms with Crippen molar-refractivity contribution < 1.29 is 19.0 Å². The first-order valence-electron chi connectivity index (χ1n) is 7.88. The van der Waals surface area contributed by atoms with Gasteiger partial charge in [-0.3, -0.25) is 0 Å². The van der Waals surface area contributed by atoms with Crippen molar-refractivity contribution in [2.45, 2.75) is 39.2 Å². The number of nitrogens with one attached hydrogen (secondary N) is 1. The first-order valence-corrected chi connectivity index (χ1v) is 8.76. The molecule has 1 aliphatic rings. The molecular weight excluding hydrogens is 340 g/mol. The fourth-order valence-corrected chi connectivity index (χ4v) is 3.08. The van der Waals surface area contributed by atoms with Gasteiger partial charge >= 0.3 is 6.09 Å². The zero-order valence-electron chi connectivity index (χ0n) is 14.3. The lowest BCUT2D eigenvalue weighted by Crippen LogP contribution is -2.32. The summed E-state index contributed by atoms with van der Waals surface area (Å²) in [5.74, 6) is 0. The number of hydrogen-bond donors (Lipinski definition) is 1. The Morgan fingerprint density at radius 2 is 1.92 bits per heavy atom. The Hall–Kier alpha value is -2.54. The van der Waals surface area contributed by atoms with Crippen molar-refractivity contribution in [2.75, 3.05) is 0 Å². The highest BCUT2D eigenvalue weighted by Crippen LogP contribution is 2.35. The van der Waals surface area contributed by atoms with Crippen LogP contribution in [0.25, 0.3) is 10.4 Å². The summed E-state index contributed by atoms with van der Waals surface area (Å²) in [5.41, 5.74) is 4.03. The van der Waals surface area contributed by atoms with Gasteiger partial charge in [-0.1, -0.05) is 24.3 Å². The molecule has 1 aromatic carbocycles. The number of carbonyl (C=O) groups is 1. The van der Waals surface area contributed by atoms with E-state index in [2.05, 4.69) is 10.3 Å². The standard InChI is InChI=1S/C18H20N2O4S/c1-18(2,3)24-17(21)19-10-12-4-6-13(7-5-12)15-14(20-11-25-15)16-22-8-9-23-16/h4-9,11,16H,10H2,1-3H3,(H,19,21). The Morgan fingerprint density at radius 3 is 2.56 bits per heavy atom. The van der Waals surface area contributed by atoms with Crippen molar-refractivity contribution in [1.29, 1.82) is 0 Å². The van der Waals surface area contributed by atoms with E-state index < -0.39 is 18.0 Å².